The second kappa shape index (κ2) is 6.90. The summed E-state index contributed by atoms with van der Waals surface area (Å²) in [5.41, 5.74) is 0.459. The molecule has 1 aromatic rings. The van der Waals surface area contributed by atoms with Gasteiger partial charge in [0.15, 0.2) is 0 Å². The molecule has 0 saturated heterocycles. The van der Waals surface area contributed by atoms with Crippen molar-refractivity contribution >= 4 is 23.3 Å². The van der Waals surface area contributed by atoms with E-state index in [0.29, 0.717) is 16.4 Å². The minimum Gasteiger partial charge on any atom is -0.381 e. The van der Waals surface area contributed by atoms with Crippen LogP contribution in [0.1, 0.15) is 36.5 Å². The molecule has 0 bridgehead atoms. The zero-order valence-corrected chi connectivity index (χ0v) is 12.5. The van der Waals surface area contributed by atoms with E-state index in [0.717, 1.165) is 25.8 Å². The lowest BCUT2D eigenvalue weighted by Crippen LogP contribution is -2.47. The highest BCUT2D eigenvalue weighted by Gasteiger charge is 2.30. The number of nitrogens with zero attached hydrogens (tertiary/aromatic N) is 1. The first-order valence-corrected chi connectivity index (χ1v) is 7.25. The van der Waals surface area contributed by atoms with Crippen molar-refractivity contribution in [3.8, 4) is 0 Å². The highest BCUT2D eigenvalue weighted by atomic mass is 35.5. The van der Waals surface area contributed by atoms with Crippen LogP contribution in [0.2, 0.25) is 5.02 Å². The molecule has 1 saturated carbocycles. The lowest BCUT2D eigenvalue weighted by Gasteiger charge is -2.34. The summed E-state index contributed by atoms with van der Waals surface area (Å²) in [5.74, 6) is 0.515. The van der Waals surface area contributed by atoms with Crippen LogP contribution in [0, 0.1) is 0 Å². The average molecular weight is 298 g/mol. The molecule has 1 heterocycles. The Morgan fingerprint density at radius 2 is 2.30 bits per heavy atom. The number of rotatable bonds is 6. The maximum Gasteiger partial charge on any atom is 0.253 e. The van der Waals surface area contributed by atoms with Crippen molar-refractivity contribution in [2.45, 2.75) is 38.3 Å². The maximum atomic E-state index is 12.2. The van der Waals surface area contributed by atoms with Crippen molar-refractivity contribution in [1.29, 1.82) is 0 Å². The Morgan fingerprint density at radius 3 is 2.95 bits per heavy atom. The molecule has 5 nitrogen and oxygen atoms in total. The molecule has 1 aliphatic carbocycles. The molecule has 20 heavy (non-hydrogen) atoms. The van der Waals surface area contributed by atoms with Gasteiger partial charge in [0.1, 0.15) is 5.82 Å². The van der Waals surface area contributed by atoms with Gasteiger partial charge in [0, 0.05) is 25.9 Å². The van der Waals surface area contributed by atoms with Crippen molar-refractivity contribution in [1.82, 2.24) is 10.3 Å². The van der Waals surface area contributed by atoms with Gasteiger partial charge in [-0.2, -0.15) is 0 Å². The summed E-state index contributed by atoms with van der Waals surface area (Å²) in [7, 11) is 1.69. The minimum absolute atomic E-state index is 0.156. The van der Waals surface area contributed by atoms with Gasteiger partial charge in [-0.25, -0.2) is 4.98 Å². The largest absolute Gasteiger partial charge is 0.381 e. The summed E-state index contributed by atoms with van der Waals surface area (Å²) in [6, 6.07) is 1.86. The molecule has 0 aromatic carbocycles. The third kappa shape index (κ3) is 3.61. The van der Waals surface area contributed by atoms with Crippen LogP contribution in [0.5, 0.6) is 0 Å². The zero-order valence-electron chi connectivity index (χ0n) is 11.8. The predicted molar refractivity (Wildman–Crippen MR) is 79.3 cm³/mol. The smallest absolute Gasteiger partial charge is 0.253 e. The molecule has 2 rings (SSSR count). The van der Waals surface area contributed by atoms with Gasteiger partial charge < -0.3 is 15.4 Å². The van der Waals surface area contributed by atoms with E-state index in [2.05, 4.69) is 22.5 Å². The summed E-state index contributed by atoms with van der Waals surface area (Å²) in [6.45, 7) is 2.88. The van der Waals surface area contributed by atoms with E-state index < -0.39 is 0 Å². The predicted octanol–water partition coefficient (Wildman–Crippen LogP) is 2.46. The van der Waals surface area contributed by atoms with Crippen LogP contribution in [-0.2, 0) is 4.74 Å². The van der Waals surface area contributed by atoms with Gasteiger partial charge >= 0.3 is 0 Å². The fourth-order valence-corrected chi connectivity index (χ4v) is 2.29. The molecule has 0 aliphatic heterocycles. The van der Waals surface area contributed by atoms with Crippen molar-refractivity contribution in [2.75, 3.05) is 19.0 Å². The number of carbonyl (C=O) groups excluding carboxylic acids is 1. The topological polar surface area (TPSA) is 63.2 Å². The Labute approximate surface area is 124 Å². The normalized spacial score (nSPS) is 21.1. The summed E-state index contributed by atoms with van der Waals surface area (Å²) >= 11 is 6.05. The minimum atomic E-state index is -0.156. The Hall–Kier alpha value is -1.33. The van der Waals surface area contributed by atoms with Crippen LogP contribution in [0.3, 0.4) is 0 Å². The number of carbonyl (C=O) groups is 1. The monoisotopic (exact) mass is 297 g/mol. The van der Waals surface area contributed by atoms with Crippen LogP contribution in [0.25, 0.3) is 0 Å². The average Bonchev–Trinajstić information content (AvgIpc) is 2.41. The van der Waals surface area contributed by atoms with E-state index in [-0.39, 0.29) is 18.1 Å². The third-order valence-electron chi connectivity index (χ3n) is 3.42. The molecule has 0 radical (unpaired) electrons. The van der Waals surface area contributed by atoms with E-state index >= 15 is 0 Å². The van der Waals surface area contributed by atoms with E-state index in [1.807, 2.05) is 0 Å². The number of aromatic nitrogens is 1. The van der Waals surface area contributed by atoms with Gasteiger partial charge in [0.25, 0.3) is 5.91 Å². The highest BCUT2D eigenvalue weighted by Crippen LogP contribution is 2.24. The highest BCUT2D eigenvalue weighted by molar-refractivity contribution is 6.33. The first-order chi connectivity index (χ1) is 9.63. The van der Waals surface area contributed by atoms with Gasteiger partial charge in [-0.15, -0.1) is 0 Å². The van der Waals surface area contributed by atoms with Crippen LogP contribution in [0.4, 0.5) is 5.82 Å². The van der Waals surface area contributed by atoms with Crippen molar-refractivity contribution < 1.29 is 9.53 Å². The van der Waals surface area contributed by atoms with E-state index in [1.165, 1.54) is 6.20 Å². The van der Waals surface area contributed by atoms with E-state index in [4.69, 9.17) is 16.3 Å². The van der Waals surface area contributed by atoms with Gasteiger partial charge in [0.2, 0.25) is 0 Å². The second-order valence-corrected chi connectivity index (χ2v) is 5.38. The zero-order chi connectivity index (χ0) is 14.5. The molecule has 0 spiro atoms. The number of ether oxygens (including phenoxy) is 1. The summed E-state index contributed by atoms with van der Waals surface area (Å²) in [6.07, 6.45) is 4.46. The molecule has 2 N–H and O–H groups in total. The summed E-state index contributed by atoms with van der Waals surface area (Å²) < 4.78 is 5.19. The summed E-state index contributed by atoms with van der Waals surface area (Å²) in [5, 5.41) is 6.47. The number of hydrogen-bond donors (Lipinski definition) is 2. The molecule has 110 valence electrons. The molecule has 1 amide bonds. The van der Waals surface area contributed by atoms with Crippen LogP contribution in [0.15, 0.2) is 12.3 Å². The Bertz CT molecular complexity index is 475. The number of methoxy groups -OCH3 is 1. The number of anilines is 1. The quantitative estimate of drug-likeness (QED) is 0.847. The van der Waals surface area contributed by atoms with E-state index in [9.17, 15) is 4.79 Å². The molecular weight excluding hydrogens is 278 g/mol. The number of nitrogens with one attached hydrogen (secondary N) is 2. The Kier molecular flexibility index (Phi) is 5.20. The maximum absolute atomic E-state index is 12.2. The first kappa shape index (κ1) is 15.1. The van der Waals surface area contributed by atoms with Gasteiger partial charge in [-0.3, -0.25) is 4.79 Å². The third-order valence-corrected chi connectivity index (χ3v) is 3.72. The first-order valence-electron chi connectivity index (χ1n) is 6.87. The number of pyridine rings is 1. The molecule has 0 unspecified atom stereocenters. The van der Waals surface area contributed by atoms with Crippen molar-refractivity contribution in [3.63, 3.8) is 0 Å². The molecule has 1 aliphatic rings. The van der Waals surface area contributed by atoms with Crippen LogP contribution >= 0.6 is 11.6 Å². The fourth-order valence-electron chi connectivity index (χ4n) is 2.10. The van der Waals surface area contributed by atoms with Gasteiger partial charge in [-0.05, 0) is 25.3 Å². The Balaban J connectivity index is 1.97. The second-order valence-electron chi connectivity index (χ2n) is 4.98. The molecule has 0 atom stereocenters. The Morgan fingerprint density at radius 1 is 1.55 bits per heavy atom. The number of halogens is 1. The summed E-state index contributed by atoms with van der Waals surface area (Å²) in [4.78, 5) is 16.4. The lowest BCUT2D eigenvalue weighted by molar-refractivity contribution is 0.0176. The SMILES string of the molecule is CCCNc1cc(C(=O)NC2CC(OC)C2)c(Cl)cn1. The van der Waals surface area contributed by atoms with Crippen LogP contribution < -0.4 is 10.6 Å². The fraction of sp³-hybridized carbons (Fsp3) is 0.571. The number of amides is 1. The molecular formula is C14H20ClN3O2. The van der Waals surface area contributed by atoms with Gasteiger partial charge in [-0.1, -0.05) is 18.5 Å². The van der Waals surface area contributed by atoms with Gasteiger partial charge in [0.05, 0.1) is 16.7 Å². The van der Waals surface area contributed by atoms with Crippen molar-refractivity contribution in [3.05, 3.63) is 22.8 Å². The standard InChI is InChI=1S/C14H20ClN3O2/c1-3-4-16-13-7-11(12(15)8-17-13)14(19)18-9-5-10(6-9)20-2/h7-10H,3-6H2,1-2H3,(H,16,17)(H,18,19). The van der Waals surface area contributed by atoms with Crippen LogP contribution in [-0.4, -0.2) is 36.7 Å². The van der Waals surface area contributed by atoms with Crippen molar-refractivity contribution in [2.24, 2.45) is 0 Å². The molecule has 6 heteroatoms. The molecule has 1 aromatic heterocycles. The lowest BCUT2D eigenvalue weighted by atomic mass is 9.89. The number of hydrogen-bond acceptors (Lipinski definition) is 4. The molecule has 1 fully saturated rings. The van der Waals surface area contributed by atoms with E-state index in [1.54, 1.807) is 13.2 Å².